The predicted molar refractivity (Wildman–Crippen MR) is 70.5 cm³/mol. The lowest BCUT2D eigenvalue weighted by Crippen LogP contribution is -2.22. The standard InChI is InChI=1S/C12H21N3S/c1-3-7-16-9-12-14-6-5-11(15-12)8-10(13)4-2/h5-6,10H,3-4,7-9,13H2,1-2H3. The molecule has 0 amide bonds. The number of nitrogens with zero attached hydrogens (tertiary/aromatic N) is 2. The molecule has 0 aliphatic heterocycles. The third-order valence-electron chi connectivity index (χ3n) is 2.34. The molecule has 0 aliphatic carbocycles. The molecule has 0 fully saturated rings. The summed E-state index contributed by atoms with van der Waals surface area (Å²) in [5.41, 5.74) is 6.98. The highest BCUT2D eigenvalue weighted by Crippen LogP contribution is 2.10. The lowest BCUT2D eigenvalue weighted by atomic mass is 10.1. The van der Waals surface area contributed by atoms with E-state index < -0.39 is 0 Å². The molecule has 1 heterocycles. The van der Waals surface area contributed by atoms with E-state index in [9.17, 15) is 0 Å². The average molecular weight is 239 g/mol. The van der Waals surface area contributed by atoms with Crippen molar-refractivity contribution < 1.29 is 0 Å². The molecule has 0 aliphatic rings. The maximum Gasteiger partial charge on any atom is 0.138 e. The van der Waals surface area contributed by atoms with E-state index in [2.05, 4.69) is 23.8 Å². The summed E-state index contributed by atoms with van der Waals surface area (Å²) in [5.74, 6) is 3.00. The Morgan fingerprint density at radius 1 is 1.44 bits per heavy atom. The predicted octanol–water partition coefficient (Wildman–Crippen LogP) is 2.40. The Labute approximate surface area is 102 Å². The zero-order valence-electron chi connectivity index (χ0n) is 10.1. The van der Waals surface area contributed by atoms with E-state index in [-0.39, 0.29) is 6.04 Å². The van der Waals surface area contributed by atoms with Gasteiger partial charge < -0.3 is 5.73 Å². The molecule has 90 valence electrons. The second-order valence-corrected chi connectivity index (χ2v) is 4.99. The van der Waals surface area contributed by atoms with Crippen LogP contribution in [0.2, 0.25) is 0 Å². The van der Waals surface area contributed by atoms with Crippen LogP contribution in [0.1, 0.15) is 38.2 Å². The maximum absolute atomic E-state index is 5.91. The lowest BCUT2D eigenvalue weighted by Gasteiger charge is -2.08. The maximum atomic E-state index is 5.91. The molecule has 1 atom stereocenters. The van der Waals surface area contributed by atoms with Gasteiger partial charge in [-0.05, 0) is 24.7 Å². The van der Waals surface area contributed by atoms with E-state index in [1.54, 1.807) is 0 Å². The highest BCUT2D eigenvalue weighted by Gasteiger charge is 2.04. The quantitative estimate of drug-likeness (QED) is 0.742. The van der Waals surface area contributed by atoms with Gasteiger partial charge in [-0.2, -0.15) is 11.8 Å². The number of thioether (sulfide) groups is 1. The van der Waals surface area contributed by atoms with Crippen molar-refractivity contribution in [2.24, 2.45) is 5.73 Å². The number of hydrogen-bond donors (Lipinski definition) is 1. The average Bonchev–Trinajstić information content (AvgIpc) is 2.30. The molecular weight excluding hydrogens is 218 g/mol. The minimum absolute atomic E-state index is 0.214. The molecular formula is C12H21N3S. The fraction of sp³-hybridized carbons (Fsp3) is 0.667. The van der Waals surface area contributed by atoms with E-state index in [0.29, 0.717) is 0 Å². The van der Waals surface area contributed by atoms with Crippen LogP contribution in [-0.2, 0) is 12.2 Å². The van der Waals surface area contributed by atoms with Gasteiger partial charge in [-0.1, -0.05) is 13.8 Å². The van der Waals surface area contributed by atoms with Crippen molar-refractivity contribution in [2.45, 2.75) is 44.9 Å². The summed E-state index contributed by atoms with van der Waals surface area (Å²) < 4.78 is 0. The van der Waals surface area contributed by atoms with Crippen LogP contribution < -0.4 is 5.73 Å². The minimum Gasteiger partial charge on any atom is -0.327 e. The van der Waals surface area contributed by atoms with Crippen LogP contribution in [0, 0.1) is 0 Å². The van der Waals surface area contributed by atoms with Crippen molar-refractivity contribution in [1.82, 2.24) is 9.97 Å². The zero-order chi connectivity index (χ0) is 11.8. The van der Waals surface area contributed by atoms with E-state index in [1.807, 2.05) is 24.0 Å². The molecule has 1 aromatic rings. The molecule has 0 bridgehead atoms. The molecule has 0 aromatic carbocycles. The molecule has 1 aromatic heterocycles. The number of aromatic nitrogens is 2. The monoisotopic (exact) mass is 239 g/mol. The van der Waals surface area contributed by atoms with Gasteiger partial charge in [0.2, 0.25) is 0 Å². The molecule has 1 rings (SSSR count). The normalized spacial score (nSPS) is 12.7. The van der Waals surface area contributed by atoms with Gasteiger partial charge in [0, 0.05) is 24.4 Å². The van der Waals surface area contributed by atoms with Gasteiger partial charge in [0.1, 0.15) is 5.82 Å². The largest absolute Gasteiger partial charge is 0.327 e. The van der Waals surface area contributed by atoms with Gasteiger partial charge in [-0.15, -0.1) is 0 Å². The van der Waals surface area contributed by atoms with E-state index in [4.69, 9.17) is 5.73 Å². The first-order valence-electron chi connectivity index (χ1n) is 5.90. The smallest absolute Gasteiger partial charge is 0.138 e. The molecule has 0 saturated heterocycles. The van der Waals surface area contributed by atoms with Crippen molar-refractivity contribution in [2.75, 3.05) is 5.75 Å². The Balaban J connectivity index is 2.50. The fourth-order valence-corrected chi connectivity index (χ4v) is 2.10. The number of nitrogens with two attached hydrogens (primary N) is 1. The number of hydrogen-bond acceptors (Lipinski definition) is 4. The fourth-order valence-electron chi connectivity index (χ4n) is 1.35. The molecule has 3 nitrogen and oxygen atoms in total. The van der Waals surface area contributed by atoms with Gasteiger partial charge in [0.15, 0.2) is 0 Å². The summed E-state index contributed by atoms with van der Waals surface area (Å²) >= 11 is 1.88. The van der Waals surface area contributed by atoms with Crippen molar-refractivity contribution in [3.8, 4) is 0 Å². The Bertz CT molecular complexity index is 304. The molecule has 0 spiro atoms. The summed E-state index contributed by atoms with van der Waals surface area (Å²) in [7, 11) is 0. The van der Waals surface area contributed by atoms with Crippen LogP contribution in [0.15, 0.2) is 12.3 Å². The van der Waals surface area contributed by atoms with Crippen LogP contribution in [-0.4, -0.2) is 21.8 Å². The van der Waals surface area contributed by atoms with E-state index in [0.717, 1.165) is 30.1 Å². The Hall–Kier alpha value is -0.610. The van der Waals surface area contributed by atoms with E-state index in [1.165, 1.54) is 12.2 Å². The number of rotatable bonds is 7. The molecule has 16 heavy (non-hydrogen) atoms. The summed E-state index contributed by atoms with van der Waals surface area (Å²) in [6.45, 7) is 4.29. The van der Waals surface area contributed by atoms with Gasteiger partial charge in [-0.25, -0.2) is 9.97 Å². The summed E-state index contributed by atoms with van der Waals surface area (Å²) in [5, 5.41) is 0. The van der Waals surface area contributed by atoms with Crippen LogP contribution in [0.4, 0.5) is 0 Å². The van der Waals surface area contributed by atoms with Crippen molar-refractivity contribution in [1.29, 1.82) is 0 Å². The summed E-state index contributed by atoms with van der Waals surface area (Å²) in [4.78, 5) is 8.79. The lowest BCUT2D eigenvalue weighted by molar-refractivity contribution is 0.634. The summed E-state index contributed by atoms with van der Waals surface area (Å²) in [6, 6.07) is 2.18. The van der Waals surface area contributed by atoms with Crippen molar-refractivity contribution in [3.63, 3.8) is 0 Å². The first kappa shape index (κ1) is 13.5. The first-order valence-corrected chi connectivity index (χ1v) is 7.05. The van der Waals surface area contributed by atoms with E-state index >= 15 is 0 Å². The highest BCUT2D eigenvalue weighted by molar-refractivity contribution is 7.98. The van der Waals surface area contributed by atoms with Gasteiger partial charge in [0.05, 0.1) is 5.75 Å². The molecule has 0 radical (unpaired) electrons. The SMILES string of the molecule is CCCSCc1nccc(CC(N)CC)n1. The molecule has 4 heteroatoms. The van der Waals surface area contributed by atoms with Crippen LogP contribution >= 0.6 is 11.8 Å². The zero-order valence-corrected chi connectivity index (χ0v) is 11.0. The Kier molecular flexibility index (Phi) is 6.42. The van der Waals surface area contributed by atoms with Crippen LogP contribution in [0.25, 0.3) is 0 Å². The Morgan fingerprint density at radius 3 is 2.94 bits per heavy atom. The third-order valence-corrected chi connectivity index (χ3v) is 3.50. The highest BCUT2D eigenvalue weighted by atomic mass is 32.2. The van der Waals surface area contributed by atoms with Crippen LogP contribution in [0.3, 0.4) is 0 Å². The van der Waals surface area contributed by atoms with Crippen molar-refractivity contribution in [3.05, 3.63) is 23.8 Å². The second-order valence-electron chi connectivity index (χ2n) is 3.89. The third kappa shape index (κ3) is 4.94. The minimum atomic E-state index is 0.214. The Morgan fingerprint density at radius 2 is 2.25 bits per heavy atom. The van der Waals surface area contributed by atoms with Crippen LogP contribution in [0.5, 0.6) is 0 Å². The van der Waals surface area contributed by atoms with Gasteiger partial charge in [-0.3, -0.25) is 0 Å². The second kappa shape index (κ2) is 7.63. The summed E-state index contributed by atoms with van der Waals surface area (Å²) in [6.07, 6.45) is 4.88. The molecule has 2 N–H and O–H groups in total. The topological polar surface area (TPSA) is 51.8 Å². The molecule has 0 saturated carbocycles. The van der Waals surface area contributed by atoms with Crippen molar-refractivity contribution >= 4 is 11.8 Å². The molecule has 1 unspecified atom stereocenters. The first-order chi connectivity index (χ1) is 7.76. The van der Waals surface area contributed by atoms with Gasteiger partial charge in [0.25, 0.3) is 0 Å². The van der Waals surface area contributed by atoms with Gasteiger partial charge >= 0.3 is 0 Å².